The summed E-state index contributed by atoms with van der Waals surface area (Å²) in [7, 11) is 0. The van der Waals surface area contributed by atoms with E-state index >= 15 is 0 Å². The van der Waals surface area contributed by atoms with Crippen molar-refractivity contribution >= 4 is 17.5 Å². The van der Waals surface area contributed by atoms with E-state index in [-0.39, 0.29) is 17.6 Å². The Labute approximate surface area is 92.8 Å². The monoisotopic (exact) mass is 224 g/mol. The van der Waals surface area contributed by atoms with E-state index < -0.39 is 6.04 Å². The number of anilines is 1. The molecule has 2 amide bonds. The summed E-state index contributed by atoms with van der Waals surface area (Å²) in [4.78, 5) is 22.2. The summed E-state index contributed by atoms with van der Waals surface area (Å²) < 4.78 is 12.6. The van der Waals surface area contributed by atoms with Crippen LogP contribution in [0.5, 0.6) is 0 Å². The van der Waals surface area contributed by atoms with Crippen molar-refractivity contribution < 1.29 is 14.0 Å². The Bertz CT molecular complexity index is 389. The Hall–Kier alpha value is -1.91. The average molecular weight is 224 g/mol. The fourth-order valence-electron chi connectivity index (χ4n) is 1.15. The highest BCUT2D eigenvalue weighted by Gasteiger charge is 2.13. The molecule has 1 aromatic carbocycles. The van der Waals surface area contributed by atoms with Gasteiger partial charge in [0.15, 0.2) is 0 Å². The minimum absolute atomic E-state index is 0.276. The smallest absolute Gasteiger partial charge is 0.246 e. The maximum absolute atomic E-state index is 12.6. The van der Waals surface area contributed by atoms with Gasteiger partial charge in [-0.15, -0.1) is 0 Å². The summed E-state index contributed by atoms with van der Waals surface area (Å²) in [5.41, 5.74) is 0.489. The number of hydrogen-bond donors (Lipinski definition) is 2. The predicted molar refractivity (Wildman–Crippen MR) is 58.3 cm³/mol. The first-order valence-electron chi connectivity index (χ1n) is 4.82. The van der Waals surface area contributed by atoms with E-state index in [4.69, 9.17) is 0 Å². The van der Waals surface area contributed by atoms with Crippen LogP contribution in [0.3, 0.4) is 0 Å². The minimum Gasteiger partial charge on any atom is -0.345 e. The zero-order valence-corrected chi connectivity index (χ0v) is 9.08. The van der Waals surface area contributed by atoms with Crippen LogP contribution in [0.15, 0.2) is 24.3 Å². The number of hydrogen-bond acceptors (Lipinski definition) is 2. The molecule has 1 unspecified atom stereocenters. The second kappa shape index (κ2) is 5.25. The molecular formula is C11H13FN2O2. The minimum atomic E-state index is -0.623. The molecule has 0 bridgehead atoms. The molecule has 0 aromatic heterocycles. The third kappa shape index (κ3) is 3.68. The first-order valence-corrected chi connectivity index (χ1v) is 4.82. The zero-order valence-electron chi connectivity index (χ0n) is 9.08. The van der Waals surface area contributed by atoms with E-state index in [1.165, 1.54) is 31.2 Å². The van der Waals surface area contributed by atoms with Gasteiger partial charge in [0.25, 0.3) is 0 Å². The highest BCUT2D eigenvalue weighted by molar-refractivity contribution is 5.96. The van der Waals surface area contributed by atoms with Gasteiger partial charge in [-0.3, -0.25) is 9.59 Å². The van der Waals surface area contributed by atoms with Crippen LogP contribution in [0.1, 0.15) is 13.8 Å². The van der Waals surface area contributed by atoms with Crippen molar-refractivity contribution in [3.8, 4) is 0 Å². The number of rotatable bonds is 3. The van der Waals surface area contributed by atoms with Crippen LogP contribution < -0.4 is 10.6 Å². The lowest BCUT2D eigenvalue weighted by Gasteiger charge is -2.12. The summed E-state index contributed by atoms with van der Waals surface area (Å²) in [5, 5.41) is 5.00. The summed E-state index contributed by atoms with van der Waals surface area (Å²) in [5.74, 6) is -0.989. The van der Waals surface area contributed by atoms with Crippen LogP contribution in [0, 0.1) is 5.82 Å². The number of benzene rings is 1. The number of carbonyl (C=O) groups is 2. The van der Waals surface area contributed by atoms with Gasteiger partial charge in [-0.1, -0.05) is 0 Å². The molecule has 0 radical (unpaired) electrons. The van der Waals surface area contributed by atoms with E-state index in [1.54, 1.807) is 6.92 Å². The first-order chi connectivity index (χ1) is 7.49. The first kappa shape index (κ1) is 12.2. The summed E-state index contributed by atoms with van der Waals surface area (Å²) >= 11 is 0. The molecule has 86 valence electrons. The Morgan fingerprint density at radius 2 is 1.81 bits per heavy atom. The van der Waals surface area contributed by atoms with E-state index in [1.807, 2.05) is 0 Å². The largest absolute Gasteiger partial charge is 0.345 e. The molecule has 0 fully saturated rings. The van der Waals surface area contributed by atoms with Gasteiger partial charge in [0.1, 0.15) is 11.9 Å². The quantitative estimate of drug-likeness (QED) is 0.812. The van der Waals surface area contributed by atoms with Gasteiger partial charge in [-0.2, -0.15) is 0 Å². The maximum atomic E-state index is 12.6. The molecule has 2 N–H and O–H groups in total. The molecule has 0 aliphatic carbocycles. The van der Waals surface area contributed by atoms with Gasteiger partial charge in [-0.25, -0.2) is 4.39 Å². The van der Waals surface area contributed by atoms with E-state index in [9.17, 15) is 14.0 Å². The van der Waals surface area contributed by atoms with Gasteiger partial charge < -0.3 is 10.6 Å². The van der Waals surface area contributed by atoms with Crippen LogP contribution in [-0.4, -0.2) is 17.9 Å². The summed E-state index contributed by atoms with van der Waals surface area (Å²) in [6, 6.07) is 4.78. The predicted octanol–water partition coefficient (Wildman–Crippen LogP) is 1.29. The van der Waals surface area contributed by atoms with Crippen LogP contribution in [-0.2, 0) is 9.59 Å². The Morgan fingerprint density at radius 1 is 1.25 bits per heavy atom. The van der Waals surface area contributed by atoms with Gasteiger partial charge in [-0.05, 0) is 31.2 Å². The normalized spacial score (nSPS) is 11.7. The topological polar surface area (TPSA) is 58.2 Å². The summed E-state index contributed by atoms with van der Waals surface area (Å²) in [6.45, 7) is 2.90. The number of halogens is 1. The molecule has 1 aromatic rings. The molecule has 1 rings (SSSR count). The molecule has 0 spiro atoms. The Kier molecular flexibility index (Phi) is 3.99. The average Bonchev–Trinajstić information content (AvgIpc) is 2.20. The fraction of sp³-hybridized carbons (Fsp3) is 0.273. The molecule has 5 heteroatoms. The lowest BCUT2D eigenvalue weighted by atomic mass is 10.2. The zero-order chi connectivity index (χ0) is 12.1. The molecular weight excluding hydrogens is 211 g/mol. The summed E-state index contributed by atoms with van der Waals surface area (Å²) in [6.07, 6.45) is 0. The SMILES string of the molecule is CC(=O)NC(C)C(=O)Nc1ccc(F)cc1. The maximum Gasteiger partial charge on any atom is 0.246 e. The van der Waals surface area contributed by atoms with Crippen molar-refractivity contribution in [2.24, 2.45) is 0 Å². The van der Waals surface area contributed by atoms with Crippen molar-refractivity contribution in [1.82, 2.24) is 5.32 Å². The van der Waals surface area contributed by atoms with E-state index in [0.717, 1.165) is 0 Å². The van der Waals surface area contributed by atoms with Gasteiger partial charge >= 0.3 is 0 Å². The van der Waals surface area contributed by atoms with Crippen molar-refractivity contribution in [2.45, 2.75) is 19.9 Å². The van der Waals surface area contributed by atoms with Crippen molar-refractivity contribution in [3.63, 3.8) is 0 Å². The number of carbonyl (C=O) groups excluding carboxylic acids is 2. The molecule has 16 heavy (non-hydrogen) atoms. The molecule has 0 saturated carbocycles. The number of amides is 2. The molecule has 4 nitrogen and oxygen atoms in total. The van der Waals surface area contributed by atoms with Gasteiger partial charge in [0.05, 0.1) is 0 Å². The van der Waals surface area contributed by atoms with Crippen LogP contribution >= 0.6 is 0 Å². The standard InChI is InChI=1S/C11H13FN2O2/c1-7(13-8(2)15)11(16)14-10-5-3-9(12)4-6-10/h3-7H,1-2H3,(H,13,15)(H,14,16). The van der Waals surface area contributed by atoms with Crippen LogP contribution in [0.2, 0.25) is 0 Å². The van der Waals surface area contributed by atoms with Crippen LogP contribution in [0.4, 0.5) is 10.1 Å². The molecule has 0 aliphatic rings. The highest BCUT2D eigenvalue weighted by Crippen LogP contribution is 2.08. The molecule has 1 atom stereocenters. The lowest BCUT2D eigenvalue weighted by Crippen LogP contribution is -2.40. The third-order valence-electron chi connectivity index (χ3n) is 1.92. The van der Waals surface area contributed by atoms with Crippen LogP contribution in [0.25, 0.3) is 0 Å². The van der Waals surface area contributed by atoms with Crippen molar-refractivity contribution in [3.05, 3.63) is 30.1 Å². The fourth-order valence-corrected chi connectivity index (χ4v) is 1.15. The highest BCUT2D eigenvalue weighted by atomic mass is 19.1. The Balaban J connectivity index is 2.57. The molecule has 0 heterocycles. The van der Waals surface area contributed by atoms with E-state index in [2.05, 4.69) is 10.6 Å². The Morgan fingerprint density at radius 3 is 2.31 bits per heavy atom. The molecule has 0 saturated heterocycles. The third-order valence-corrected chi connectivity index (χ3v) is 1.92. The lowest BCUT2D eigenvalue weighted by molar-refractivity contribution is -0.124. The van der Waals surface area contributed by atoms with Crippen molar-refractivity contribution in [1.29, 1.82) is 0 Å². The number of nitrogens with one attached hydrogen (secondary N) is 2. The van der Waals surface area contributed by atoms with Crippen molar-refractivity contribution in [2.75, 3.05) is 5.32 Å². The second-order valence-corrected chi connectivity index (χ2v) is 3.42. The van der Waals surface area contributed by atoms with Gasteiger partial charge in [0.2, 0.25) is 11.8 Å². The van der Waals surface area contributed by atoms with Gasteiger partial charge in [0, 0.05) is 12.6 Å². The molecule has 0 aliphatic heterocycles. The second-order valence-electron chi connectivity index (χ2n) is 3.42. The van der Waals surface area contributed by atoms with E-state index in [0.29, 0.717) is 5.69 Å².